The zero-order chi connectivity index (χ0) is 23.8. The number of aromatic nitrogens is 2. The van der Waals surface area contributed by atoms with Gasteiger partial charge in [-0.05, 0) is 43.0 Å². The van der Waals surface area contributed by atoms with Gasteiger partial charge in [-0.25, -0.2) is 0 Å². The Balaban J connectivity index is 1.72. The smallest absolute Gasteiger partial charge is 0.280 e. The molecular weight excluding hydrogens is 471 g/mol. The van der Waals surface area contributed by atoms with E-state index in [4.69, 9.17) is 28.3 Å². The molecule has 1 saturated heterocycles. The van der Waals surface area contributed by atoms with Crippen molar-refractivity contribution in [2.75, 3.05) is 18.0 Å². The monoisotopic (exact) mass is 496 g/mol. The number of anilines is 1. The maximum atomic E-state index is 13.9. The van der Waals surface area contributed by atoms with Crippen LogP contribution in [0.5, 0.6) is 0 Å². The molecule has 0 N–H and O–H groups in total. The maximum Gasteiger partial charge on any atom is 0.280 e. The second-order valence-corrected chi connectivity index (χ2v) is 9.65. The standard InChI is InChI=1S/C26H26Cl2N4O2/c1-2-3-14-31-25(33)21-9-6-15-30(21)23-22(19-7-4-5-8-20(19)28)29-32(24(23)26(31)34)16-17-10-12-18(27)13-11-17/h4-5,7-8,10-13,21H,2-3,6,9,14-16H2,1H3. The minimum atomic E-state index is -0.364. The van der Waals surface area contributed by atoms with Gasteiger partial charge < -0.3 is 4.90 Å². The first-order valence-corrected chi connectivity index (χ1v) is 12.5. The van der Waals surface area contributed by atoms with E-state index in [0.29, 0.717) is 46.8 Å². The number of unbranched alkanes of at least 4 members (excludes halogenated alkanes) is 1. The minimum Gasteiger partial charge on any atom is -0.356 e. The Hall–Kier alpha value is -2.83. The lowest BCUT2D eigenvalue weighted by Gasteiger charge is -2.26. The van der Waals surface area contributed by atoms with Crippen molar-refractivity contribution in [1.82, 2.24) is 14.7 Å². The van der Waals surface area contributed by atoms with E-state index in [9.17, 15) is 9.59 Å². The van der Waals surface area contributed by atoms with Crippen LogP contribution in [0.25, 0.3) is 11.3 Å². The molecule has 34 heavy (non-hydrogen) atoms. The van der Waals surface area contributed by atoms with Crippen molar-refractivity contribution in [3.05, 3.63) is 69.8 Å². The lowest BCUT2D eigenvalue weighted by Crippen LogP contribution is -2.46. The third-order valence-corrected chi connectivity index (χ3v) is 7.16. The summed E-state index contributed by atoms with van der Waals surface area (Å²) in [5.74, 6) is -0.405. The molecule has 3 aromatic rings. The summed E-state index contributed by atoms with van der Waals surface area (Å²) in [6, 6.07) is 14.6. The van der Waals surface area contributed by atoms with Gasteiger partial charge >= 0.3 is 0 Å². The molecule has 0 spiro atoms. The fourth-order valence-corrected chi connectivity index (χ4v) is 5.23. The maximum absolute atomic E-state index is 13.9. The van der Waals surface area contributed by atoms with E-state index < -0.39 is 0 Å². The van der Waals surface area contributed by atoms with Crippen LogP contribution in [-0.4, -0.2) is 45.6 Å². The lowest BCUT2D eigenvalue weighted by molar-refractivity contribution is -0.129. The third kappa shape index (κ3) is 3.99. The van der Waals surface area contributed by atoms with E-state index in [0.717, 1.165) is 36.8 Å². The van der Waals surface area contributed by atoms with Crippen LogP contribution in [0.4, 0.5) is 5.69 Å². The van der Waals surface area contributed by atoms with Gasteiger partial charge in [-0.3, -0.25) is 19.2 Å². The van der Waals surface area contributed by atoms with Gasteiger partial charge in [0.05, 0.1) is 17.3 Å². The number of rotatable bonds is 6. The molecule has 2 aliphatic heterocycles. The average molecular weight is 497 g/mol. The Morgan fingerprint density at radius 1 is 1.06 bits per heavy atom. The van der Waals surface area contributed by atoms with Crippen molar-refractivity contribution < 1.29 is 9.59 Å². The van der Waals surface area contributed by atoms with Crippen LogP contribution in [0, 0.1) is 0 Å². The molecule has 2 amide bonds. The summed E-state index contributed by atoms with van der Waals surface area (Å²) < 4.78 is 1.73. The summed E-state index contributed by atoms with van der Waals surface area (Å²) >= 11 is 12.7. The predicted molar refractivity (Wildman–Crippen MR) is 135 cm³/mol. The molecule has 8 heteroatoms. The van der Waals surface area contributed by atoms with E-state index >= 15 is 0 Å². The van der Waals surface area contributed by atoms with Crippen LogP contribution in [0.3, 0.4) is 0 Å². The Bertz CT molecular complexity index is 1240. The average Bonchev–Trinajstić information content (AvgIpc) is 3.43. The first-order chi connectivity index (χ1) is 16.5. The number of carbonyl (C=O) groups excluding carboxylic acids is 2. The molecule has 0 radical (unpaired) electrons. The molecular formula is C26H26Cl2N4O2. The van der Waals surface area contributed by atoms with Gasteiger partial charge in [0, 0.05) is 23.7 Å². The number of nitrogens with zero attached hydrogens (tertiary/aromatic N) is 4. The van der Waals surface area contributed by atoms with Crippen molar-refractivity contribution in [2.45, 2.75) is 45.2 Å². The third-order valence-electron chi connectivity index (χ3n) is 6.58. The highest BCUT2D eigenvalue weighted by atomic mass is 35.5. The normalized spacial score (nSPS) is 17.7. The Morgan fingerprint density at radius 3 is 2.56 bits per heavy atom. The number of fused-ring (bicyclic) bond motifs is 3. The highest BCUT2D eigenvalue weighted by molar-refractivity contribution is 6.33. The molecule has 2 aliphatic rings. The highest BCUT2D eigenvalue weighted by Crippen LogP contribution is 2.42. The number of hydrogen-bond acceptors (Lipinski definition) is 4. The fraction of sp³-hybridized carbons (Fsp3) is 0.346. The van der Waals surface area contributed by atoms with E-state index in [1.807, 2.05) is 48.5 Å². The first kappa shape index (κ1) is 22.9. The summed E-state index contributed by atoms with van der Waals surface area (Å²) in [5, 5.41) is 6.14. The summed E-state index contributed by atoms with van der Waals surface area (Å²) in [5.41, 5.74) is 3.51. The SMILES string of the molecule is CCCCN1C(=O)c2c(c(-c3ccccc3Cl)nn2Cc2ccc(Cl)cc2)N2CCCC2C1=O. The zero-order valence-electron chi connectivity index (χ0n) is 19.0. The second kappa shape index (κ2) is 9.43. The van der Waals surface area contributed by atoms with Crippen molar-refractivity contribution in [3.8, 4) is 11.3 Å². The highest BCUT2D eigenvalue weighted by Gasteiger charge is 2.45. The molecule has 1 unspecified atom stereocenters. The molecule has 5 rings (SSSR count). The molecule has 1 atom stereocenters. The molecule has 1 fully saturated rings. The van der Waals surface area contributed by atoms with Gasteiger partial charge in [0.2, 0.25) is 0 Å². The number of halogens is 2. The van der Waals surface area contributed by atoms with E-state index in [2.05, 4.69) is 11.8 Å². The largest absolute Gasteiger partial charge is 0.356 e. The van der Waals surface area contributed by atoms with Crippen LogP contribution >= 0.6 is 23.2 Å². The van der Waals surface area contributed by atoms with Crippen molar-refractivity contribution in [3.63, 3.8) is 0 Å². The summed E-state index contributed by atoms with van der Waals surface area (Å²) in [6.07, 6.45) is 3.27. The topological polar surface area (TPSA) is 58.4 Å². The number of imide groups is 1. The van der Waals surface area contributed by atoms with Crippen LogP contribution in [0.15, 0.2) is 48.5 Å². The van der Waals surface area contributed by atoms with Gasteiger partial charge in [0.1, 0.15) is 11.7 Å². The molecule has 6 nitrogen and oxygen atoms in total. The van der Waals surface area contributed by atoms with Gasteiger partial charge in [-0.15, -0.1) is 0 Å². The van der Waals surface area contributed by atoms with Crippen molar-refractivity contribution in [2.24, 2.45) is 0 Å². The number of carbonyl (C=O) groups is 2. The molecule has 3 heterocycles. The Kier molecular flexibility index (Phi) is 6.36. The molecule has 176 valence electrons. The van der Waals surface area contributed by atoms with E-state index in [-0.39, 0.29) is 17.9 Å². The quantitative estimate of drug-likeness (QED) is 0.413. The number of amides is 2. The summed E-state index contributed by atoms with van der Waals surface area (Å²) in [4.78, 5) is 31.0. The molecule has 2 aromatic carbocycles. The first-order valence-electron chi connectivity index (χ1n) is 11.7. The molecule has 0 bridgehead atoms. The van der Waals surface area contributed by atoms with Gasteiger partial charge in [-0.2, -0.15) is 5.10 Å². The Morgan fingerprint density at radius 2 is 1.82 bits per heavy atom. The van der Waals surface area contributed by atoms with Crippen LogP contribution in [0.2, 0.25) is 10.0 Å². The fourth-order valence-electron chi connectivity index (χ4n) is 4.87. The minimum absolute atomic E-state index is 0.115. The van der Waals surface area contributed by atoms with Crippen LogP contribution in [0.1, 0.15) is 48.7 Å². The van der Waals surface area contributed by atoms with Crippen molar-refractivity contribution in [1.29, 1.82) is 0 Å². The number of benzene rings is 2. The van der Waals surface area contributed by atoms with Crippen LogP contribution < -0.4 is 4.90 Å². The van der Waals surface area contributed by atoms with Crippen LogP contribution in [-0.2, 0) is 11.3 Å². The van der Waals surface area contributed by atoms with Gasteiger partial charge in [0.25, 0.3) is 11.8 Å². The summed E-state index contributed by atoms with van der Waals surface area (Å²) in [7, 11) is 0. The predicted octanol–water partition coefficient (Wildman–Crippen LogP) is 5.66. The number of hydrogen-bond donors (Lipinski definition) is 0. The van der Waals surface area contributed by atoms with E-state index in [1.54, 1.807) is 4.68 Å². The lowest BCUT2D eigenvalue weighted by atomic mass is 10.1. The summed E-state index contributed by atoms with van der Waals surface area (Å²) in [6.45, 7) is 3.54. The van der Waals surface area contributed by atoms with Gasteiger partial charge in [0.15, 0.2) is 5.69 Å². The molecule has 1 aromatic heterocycles. The Labute approximate surface area is 209 Å². The van der Waals surface area contributed by atoms with Crippen molar-refractivity contribution >= 4 is 40.7 Å². The zero-order valence-corrected chi connectivity index (χ0v) is 20.5. The van der Waals surface area contributed by atoms with Gasteiger partial charge in [-0.1, -0.05) is 66.9 Å². The molecule has 0 aliphatic carbocycles. The van der Waals surface area contributed by atoms with E-state index in [1.165, 1.54) is 4.90 Å². The molecule has 0 saturated carbocycles. The second-order valence-electron chi connectivity index (χ2n) is 8.81.